The third-order valence-electron chi connectivity index (χ3n) is 6.32. The van der Waals surface area contributed by atoms with Crippen molar-refractivity contribution in [3.63, 3.8) is 0 Å². The van der Waals surface area contributed by atoms with Crippen molar-refractivity contribution < 1.29 is 28.8 Å². The second-order valence-corrected chi connectivity index (χ2v) is 8.10. The molecule has 0 spiro atoms. The van der Waals surface area contributed by atoms with E-state index in [0.29, 0.717) is 5.52 Å². The quantitative estimate of drug-likeness (QED) is 0.458. The van der Waals surface area contributed by atoms with Gasteiger partial charge in [-0.1, -0.05) is 18.1 Å². The van der Waals surface area contributed by atoms with Gasteiger partial charge in [-0.2, -0.15) is 5.10 Å². The van der Waals surface area contributed by atoms with Crippen LogP contribution >= 0.6 is 0 Å². The number of aromatic carboxylic acids is 1. The van der Waals surface area contributed by atoms with Crippen molar-refractivity contribution in [1.82, 2.24) is 9.78 Å². The van der Waals surface area contributed by atoms with Crippen LogP contribution in [0.3, 0.4) is 0 Å². The van der Waals surface area contributed by atoms with Crippen LogP contribution in [0.5, 0.6) is 0 Å². The van der Waals surface area contributed by atoms with Gasteiger partial charge in [0.15, 0.2) is 0 Å². The van der Waals surface area contributed by atoms with Gasteiger partial charge in [0.05, 0.1) is 23.7 Å². The fourth-order valence-electron chi connectivity index (χ4n) is 4.58. The summed E-state index contributed by atoms with van der Waals surface area (Å²) in [6, 6.07) is 11.7. The van der Waals surface area contributed by atoms with Crippen LogP contribution in [0.2, 0.25) is 0 Å². The Bertz CT molecular complexity index is 1160. The van der Waals surface area contributed by atoms with Gasteiger partial charge >= 0.3 is 18.9 Å². The van der Waals surface area contributed by atoms with E-state index in [1.807, 2.05) is 6.92 Å². The Balaban J connectivity index is 0.00000218. The van der Waals surface area contributed by atoms with Crippen LogP contribution < -0.4 is 28.9 Å². The summed E-state index contributed by atoms with van der Waals surface area (Å²) >= 11 is 0. The van der Waals surface area contributed by atoms with Crippen LogP contribution in [0, 0.1) is 23.7 Å². The average molecular weight is 391 g/mol. The van der Waals surface area contributed by atoms with Gasteiger partial charge in [0.25, 0.3) is 0 Å². The van der Waals surface area contributed by atoms with E-state index in [1.165, 1.54) is 25.2 Å². The van der Waals surface area contributed by atoms with E-state index in [4.69, 9.17) is 0 Å². The van der Waals surface area contributed by atoms with Gasteiger partial charge in [-0.05, 0) is 61.9 Å². The number of carboxylic acids is 1. The third-order valence-corrected chi connectivity index (χ3v) is 6.32. The Hall–Kier alpha value is -2.66. The maximum Gasteiger partial charge on any atom is 1.00 e. The molecule has 3 aromatic rings. The van der Waals surface area contributed by atoms with E-state index < -0.39 is 5.97 Å². The number of hydrogen-bond donors (Lipinski definition) is 0. The molecule has 1 aliphatic carbocycles. The zero-order chi connectivity index (χ0) is 20.1. The molecule has 0 N–H and O–H groups in total. The number of piperidine rings is 1. The summed E-state index contributed by atoms with van der Waals surface area (Å²) in [7, 11) is 0. The average Bonchev–Trinajstić information content (AvgIpc) is 3.13. The summed E-state index contributed by atoms with van der Waals surface area (Å²) in [5, 5.41) is 17.0. The molecule has 2 aromatic carbocycles. The van der Waals surface area contributed by atoms with E-state index in [2.05, 4.69) is 46.1 Å². The summed E-state index contributed by atoms with van der Waals surface area (Å²) in [6.07, 6.45) is 3.09. The first-order chi connectivity index (χ1) is 14.1. The molecule has 1 saturated carbocycles. The van der Waals surface area contributed by atoms with E-state index in [1.54, 1.807) is 29.9 Å². The van der Waals surface area contributed by atoms with Crippen molar-refractivity contribution >= 4 is 22.6 Å². The van der Waals surface area contributed by atoms with Crippen LogP contribution in [0.25, 0.3) is 10.9 Å². The van der Waals surface area contributed by atoms with Gasteiger partial charge in [-0.25, -0.2) is 0 Å². The van der Waals surface area contributed by atoms with Crippen molar-refractivity contribution in [2.45, 2.75) is 26.3 Å². The third kappa shape index (κ3) is 3.41. The Morgan fingerprint density at radius 3 is 2.50 bits per heavy atom. The first-order valence-electron chi connectivity index (χ1n) is 10.1. The molecule has 0 bridgehead atoms. The molecular formula is C24H22LiN3O2. The second-order valence-electron chi connectivity index (χ2n) is 8.10. The molecule has 30 heavy (non-hydrogen) atoms. The number of aromatic nitrogens is 2. The maximum absolute atomic E-state index is 11.7. The molecule has 2 fully saturated rings. The number of nitrogens with zero attached hydrogens (tertiary/aromatic N) is 3. The molecule has 5 nitrogen and oxygen atoms in total. The van der Waals surface area contributed by atoms with Crippen molar-refractivity contribution in [3.05, 3.63) is 59.3 Å². The number of anilines is 1. The van der Waals surface area contributed by atoms with Crippen molar-refractivity contribution in [3.8, 4) is 11.8 Å². The van der Waals surface area contributed by atoms with E-state index in [-0.39, 0.29) is 30.5 Å². The summed E-state index contributed by atoms with van der Waals surface area (Å²) < 4.78 is 1.77. The van der Waals surface area contributed by atoms with Gasteiger partial charge in [0.2, 0.25) is 0 Å². The maximum atomic E-state index is 11.7. The van der Waals surface area contributed by atoms with Gasteiger partial charge in [0.1, 0.15) is 0 Å². The van der Waals surface area contributed by atoms with Gasteiger partial charge in [0, 0.05) is 35.3 Å². The molecule has 6 heteroatoms. The topological polar surface area (TPSA) is 61.2 Å². The number of hydrogen-bond acceptors (Lipinski definition) is 4. The van der Waals surface area contributed by atoms with Crippen LogP contribution in [0.15, 0.2) is 42.6 Å². The molecule has 2 heterocycles. The molecule has 1 aromatic heterocycles. The fourth-order valence-corrected chi connectivity index (χ4v) is 4.58. The minimum atomic E-state index is -1.21. The molecular weight excluding hydrogens is 369 g/mol. The number of benzene rings is 2. The summed E-state index contributed by atoms with van der Waals surface area (Å²) in [4.78, 5) is 14.2. The van der Waals surface area contributed by atoms with Gasteiger partial charge in [-0.15, -0.1) is 5.92 Å². The van der Waals surface area contributed by atoms with Crippen molar-refractivity contribution in [1.29, 1.82) is 0 Å². The molecule has 2 unspecified atom stereocenters. The van der Waals surface area contributed by atoms with E-state index in [9.17, 15) is 9.90 Å². The molecule has 0 amide bonds. The zero-order valence-corrected chi connectivity index (χ0v) is 17.6. The monoisotopic (exact) mass is 391 g/mol. The predicted octanol–water partition coefficient (Wildman–Crippen LogP) is -0.159. The number of rotatable bonds is 4. The molecule has 1 saturated heterocycles. The van der Waals surface area contributed by atoms with Crippen molar-refractivity contribution in [2.75, 3.05) is 18.0 Å². The molecule has 1 aliphatic heterocycles. The number of carbonyl (C=O) groups is 1. The Morgan fingerprint density at radius 1 is 1.17 bits per heavy atom. The fraction of sp³-hybridized carbons (Fsp3) is 0.333. The van der Waals surface area contributed by atoms with Gasteiger partial charge in [-0.3, -0.25) is 4.68 Å². The van der Waals surface area contributed by atoms with Crippen LogP contribution in [-0.2, 0) is 0 Å². The first-order valence-corrected chi connectivity index (χ1v) is 10.1. The smallest absolute Gasteiger partial charge is 0.545 e. The van der Waals surface area contributed by atoms with E-state index >= 15 is 0 Å². The Kier molecular flexibility index (Phi) is 5.41. The SMILES string of the molecule is CC#Cc1ccc(C(=O)[O-])c2c1cnn2[C@@H](C)c1ccc(N2CC3CC3C2)cc1.[Li+]. The summed E-state index contributed by atoms with van der Waals surface area (Å²) in [5.74, 6) is 6.50. The standard InChI is InChI=1S/C24H23N3O2.Li/c1-3-4-17-7-10-21(24(28)29)23-22(17)12-25-27(23)15(2)16-5-8-20(9-6-16)26-13-18-11-19(18)14-26;/h5-10,12,15,18-19H,11,13-14H2,1-2H3,(H,28,29);/q;+1/p-1/t15-,18?,19?;/m0./s1. The Labute approximate surface area is 188 Å². The largest absolute Gasteiger partial charge is 1.00 e. The van der Waals surface area contributed by atoms with Crippen molar-refractivity contribution in [2.24, 2.45) is 11.8 Å². The predicted molar refractivity (Wildman–Crippen MR) is 111 cm³/mol. The molecule has 3 atom stereocenters. The number of carboxylic acid groups (broad SMARTS) is 1. The van der Waals surface area contributed by atoms with Crippen LogP contribution in [0.1, 0.15) is 47.8 Å². The summed E-state index contributed by atoms with van der Waals surface area (Å²) in [6.45, 7) is 6.12. The normalized spacial score (nSPS) is 20.1. The molecule has 146 valence electrons. The minimum Gasteiger partial charge on any atom is -0.545 e. The minimum absolute atomic E-state index is 0. The second kappa shape index (κ2) is 7.87. The molecule has 2 aliphatic rings. The van der Waals surface area contributed by atoms with Crippen LogP contribution in [0.4, 0.5) is 5.69 Å². The first kappa shape index (κ1) is 20.6. The van der Waals surface area contributed by atoms with E-state index in [0.717, 1.165) is 28.3 Å². The summed E-state index contributed by atoms with van der Waals surface area (Å²) in [5.41, 5.74) is 3.81. The number of carbonyl (C=O) groups excluding carboxylic acids is 1. The van der Waals surface area contributed by atoms with Gasteiger partial charge < -0.3 is 14.8 Å². The zero-order valence-electron chi connectivity index (χ0n) is 17.6. The molecule has 5 rings (SSSR count). The Morgan fingerprint density at radius 2 is 1.87 bits per heavy atom. The molecule has 0 radical (unpaired) electrons. The number of fused-ring (bicyclic) bond motifs is 2. The van der Waals surface area contributed by atoms with Crippen LogP contribution in [-0.4, -0.2) is 28.8 Å².